The summed E-state index contributed by atoms with van der Waals surface area (Å²) < 4.78 is 1.15. The Morgan fingerprint density at radius 1 is 1.50 bits per heavy atom. The van der Waals surface area contributed by atoms with E-state index in [0.29, 0.717) is 5.75 Å². The molecule has 1 heterocycles. The molecule has 0 saturated heterocycles. The van der Waals surface area contributed by atoms with Gasteiger partial charge in [0.15, 0.2) is 0 Å². The molecule has 0 aliphatic carbocycles. The molecule has 0 aliphatic heterocycles. The van der Waals surface area contributed by atoms with Crippen molar-refractivity contribution < 1.29 is 0 Å². The molecule has 0 fully saturated rings. The minimum atomic E-state index is 0.0846. The number of hydrogen-bond donors (Lipinski definition) is 0. The van der Waals surface area contributed by atoms with Crippen LogP contribution in [0.5, 0.6) is 0 Å². The van der Waals surface area contributed by atoms with Crippen LogP contribution in [0.4, 0.5) is 0 Å². The number of hydrogen-bond acceptors (Lipinski definition) is 3. The Kier molecular flexibility index (Phi) is 3.33. The number of terminal acetylenes is 1. The van der Waals surface area contributed by atoms with E-state index in [1.165, 1.54) is 11.3 Å². The first-order chi connectivity index (χ1) is 7.72. The summed E-state index contributed by atoms with van der Waals surface area (Å²) in [6, 6.07) is 7.74. The quantitative estimate of drug-likeness (QED) is 0.597. The van der Waals surface area contributed by atoms with Gasteiger partial charge in [0, 0.05) is 21.0 Å². The van der Waals surface area contributed by atoms with E-state index in [9.17, 15) is 4.79 Å². The van der Waals surface area contributed by atoms with Crippen LogP contribution in [0.2, 0.25) is 0 Å². The van der Waals surface area contributed by atoms with Crippen molar-refractivity contribution in [1.29, 1.82) is 0 Å². The van der Waals surface area contributed by atoms with Gasteiger partial charge in [0.05, 0.1) is 5.75 Å². The van der Waals surface area contributed by atoms with Gasteiger partial charge in [-0.15, -0.1) is 18.2 Å². The lowest BCUT2D eigenvalue weighted by Crippen LogP contribution is -1.94. The molecule has 0 atom stereocenters. The maximum absolute atomic E-state index is 11.6. The van der Waals surface area contributed by atoms with Crippen LogP contribution in [-0.2, 0) is 0 Å². The molecule has 0 radical (unpaired) electrons. The molecule has 0 amide bonds. The highest BCUT2D eigenvalue weighted by Crippen LogP contribution is 2.29. The molecule has 2 aromatic rings. The van der Waals surface area contributed by atoms with E-state index >= 15 is 0 Å². The van der Waals surface area contributed by atoms with Crippen LogP contribution < -0.4 is 4.74 Å². The van der Waals surface area contributed by atoms with E-state index in [1.807, 2.05) is 25.1 Å². The molecule has 3 heteroatoms. The van der Waals surface area contributed by atoms with Crippen molar-refractivity contribution in [2.45, 2.75) is 11.8 Å². The normalized spacial score (nSPS) is 10.2. The predicted molar refractivity (Wildman–Crippen MR) is 72.4 cm³/mol. The van der Waals surface area contributed by atoms with Crippen LogP contribution in [0.1, 0.15) is 5.56 Å². The fourth-order valence-electron chi connectivity index (χ4n) is 1.54. The SMILES string of the molecule is C#CCSc1cc(=O)sc2c(C)cccc12. The molecule has 1 aromatic heterocycles. The lowest BCUT2D eigenvalue weighted by Gasteiger charge is -2.05. The Hall–Kier alpha value is -1.24. The van der Waals surface area contributed by atoms with E-state index in [-0.39, 0.29) is 4.74 Å². The molecule has 1 nitrogen and oxygen atoms in total. The van der Waals surface area contributed by atoms with Gasteiger partial charge in [0.2, 0.25) is 4.74 Å². The summed E-state index contributed by atoms with van der Waals surface area (Å²) in [4.78, 5) is 12.6. The van der Waals surface area contributed by atoms with Crippen LogP contribution in [0, 0.1) is 19.3 Å². The van der Waals surface area contributed by atoms with Crippen molar-refractivity contribution in [2.24, 2.45) is 0 Å². The Morgan fingerprint density at radius 3 is 3.06 bits per heavy atom. The molecular formula is C13H10OS2. The van der Waals surface area contributed by atoms with Gasteiger partial charge in [-0.1, -0.05) is 35.5 Å². The van der Waals surface area contributed by atoms with Gasteiger partial charge in [-0.3, -0.25) is 4.79 Å². The summed E-state index contributed by atoms with van der Waals surface area (Å²) in [5, 5.41) is 1.13. The highest BCUT2D eigenvalue weighted by molar-refractivity contribution is 7.99. The van der Waals surface area contributed by atoms with Gasteiger partial charge in [-0.2, -0.15) is 0 Å². The standard InChI is InChI=1S/C13H10OS2/c1-3-7-15-11-8-12(14)16-13-9(2)5-4-6-10(11)13/h1,4-6,8H,7H2,2H3. The molecule has 0 aliphatic rings. The highest BCUT2D eigenvalue weighted by atomic mass is 32.2. The Balaban J connectivity index is 2.69. The fourth-order valence-corrected chi connectivity index (χ4v) is 3.32. The molecule has 0 bridgehead atoms. The number of benzene rings is 1. The second kappa shape index (κ2) is 4.73. The predicted octanol–water partition coefficient (Wildman–Crippen LogP) is 3.30. The van der Waals surface area contributed by atoms with E-state index < -0.39 is 0 Å². The molecule has 1 aromatic carbocycles. The van der Waals surface area contributed by atoms with Crippen molar-refractivity contribution in [3.8, 4) is 12.3 Å². The van der Waals surface area contributed by atoms with Crippen LogP contribution in [-0.4, -0.2) is 5.75 Å². The molecule has 80 valence electrons. The van der Waals surface area contributed by atoms with Crippen LogP contribution in [0.25, 0.3) is 10.1 Å². The van der Waals surface area contributed by atoms with E-state index in [1.54, 1.807) is 17.8 Å². The van der Waals surface area contributed by atoms with Gasteiger partial charge in [0.25, 0.3) is 0 Å². The lowest BCUT2D eigenvalue weighted by molar-refractivity contribution is 1.50. The first kappa shape index (κ1) is 11.3. The zero-order chi connectivity index (χ0) is 11.5. The summed E-state index contributed by atoms with van der Waals surface area (Å²) in [5.74, 6) is 3.17. The fraction of sp³-hybridized carbons (Fsp3) is 0.154. The topological polar surface area (TPSA) is 17.1 Å². The van der Waals surface area contributed by atoms with Crippen molar-refractivity contribution in [2.75, 3.05) is 5.75 Å². The van der Waals surface area contributed by atoms with Gasteiger partial charge >= 0.3 is 0 Å². The number of thioether (sulfide) groups is 1. The minimum absolute atomic E-state index is 0.0846. The first-order valence-electron chi connectivity index (χ1n) is 4.82. The Labute approximate surface area is 103 Å². The third-order valence-electron chi connectivity index (χ3n) is 2.24. The summed E-state index contributed by atoms with van der Waals surface area (Å²) in [5.41, 5.74) is 1.14. The van der Waals surface area contributed by atoms with Crippen molar-refractivity contribution in [3.63, 3.8) is 0 Å². The third-order valence-corrected chi connectivity index (χ3v) is 4.26. The number of aryl methyl sites for hydroxylation is 1. The molecule has 0 spiro atoms. The van der Waals surface area contributed by atoms with Crippen molar-refractivity contribution in [1.82, 2.24) is 0 Å². The molecule has 0 N–H and O–H groups in total. The average Bonchev–Trinajstić information content (AvgIpc) is 2.27. The number of fused-ring (bicyclic) bond motifs is 1. The van der Waals surface area contributed by atoms with Crippen LogP contribution >= 0.6 is 23.1 Å². The average molecular weight is 246 g/mol. The van der Waals surface area contributed by atoms with Gasteiger partial charge < -0.3 is 0 Å². The monoisotopic (exact) mass is 246 g/mol. The van der Waals surface area contributed by atoms with E-state index in [0.717, 1.165) is 20.5 Å². The maximum atomic E-state index is 11.6. The first-order valence-corrected chi connectivity index (χ1v) is 6.62. The zero-order valence-electron chi connectivity index (χ0n) is 8.82. The summed E-state index contributed by atoms with van der Waals surface area (Å²) in [6.07, 6.45) is 5.24. The Bertz CT molecular complexity index is 620. The van der Waals surface area contributed by atoms with E-state index in [2.05, 4.69) is 5.92 Å². The zero-order valence-corrected chi connectivity index (χ0v) is 10.5. The number of rotatable bonds is 2. The van der Waals surface area contributed by atoms with Gasteiger partial charge in [0.1, 0.15) is 0 Å². The second-order valence-corrected chi connectivity index (χ2v) is 5.41. The van der Waals surface area contributed by atoms with E-state index in [4.69, 9.17) is 6.42 Å². The smallest absolute Gasteiger partial charge is 0.234 e. The van der Waals surface area contributed by atoms with Gasteiger partial charge in [-0.05, 0) is 12.5 Å². The molecule has 0 unspecified atom stereocenters. The summed E-state index contributed by atoms with van der Waals surface area (Å²) in [6.45, 7) is 2.02. The largest absolute Gasteiger partial charge is 0.278 e. The molecule has 2 rings (SSSR count). The second-order valence-electron chi connectivity index (χ2n) is 3.37. The summed E-state index contributed by atoms with van der Waals surface area (Å²) >= 11 is 2.84. The van der Waals surface area contributed by atoms with Crippen molar-refractivity contribution >= 4 is 33.2 Å². The molecular weight excluding hydrogens is 236 g/mol. The minimum Gasteiger partial charge on any atom is -0.278 e. The maximum Gasteiger partial charge on any atom is 0.234 e. The third kappa shape index (κ3) is 2.13. The summed E-state index contributed by atoms with van der Waals surface area (Å²) in [7, 11) is 0. The molecule has 0 saturated carbocycles. The van der Waals surface area contributed by atoms with Crippen molar-refractivity contribution in [3.05, 3.63) is 39.4 Å². The Morgan fingerprint density at radius 2 is 2.31 bits per heavy atom. The molecule has 16 heavy (non-hydrogen) atoms. The van der Waals surface area contributed by atoms with Crippen LogP contribution in [0.15, 0.2) is 34.0 Å². The van der Waals surface area contributed by atoms with Crippen LogP contribution in [0.3, 0.4) is 0 Å². The lowest BCUT2D eigenvalue weighted by atomic mass is 10.2. The van der Waals surface area contributed by atoms with Gasteiger partial charge in [-0.25, -0.2) is 0 Å². The highest BCUT2D eigenvalue weighted by Gasteiger charge is 2.05.